The number of nitrogens with one attached hydrogen (secondary N) is 2. The first-order valence-corrected chi connectivity index (χ1v) is 8.88. The summed E-state index contributed by atoms with van der Waals surface area (Å²) in [5.74, 6) is -0.699. The second kappa shape index (κ2) is 7.45. The van der Waals surface area contributed by atoms with Crippen molar-refractivity contribution in [2.75, 3.05) is 13.6 Å². The molecule has 1 aliphatic rings. The Labute approximate surface area is 151 Å². The van der Waals surface area contributed by atoms with Gasteiger partial charge in [0.05, 0.1) is 11.4 Å². The van der Waals surface area contributed by atoms with Crippen molar-refractivity contribution in [1.29, 1.82) is 5.41 Å². The largest absolute Gasteiger partial charge is 0.332 e. The average molecular weight is 364 g/mol. The number of fused-ring (bicyclic) bond motifs is 1. The molecule has 0 saturated heterocycles. The van der Waals surface area contributed by atoms with Gasteiger partial charge >= 0.3 is 0 Å². The summed E-state index contributed by atoms with van der Waals surface area (Å²) in [6, 6.07) is 1.76. The van der Waals surface area contributed by atoms with Gasteiger partial charge in [-0.3, -0.25) is 19.8 Å². The summed E-state index contributed by atoms with van der Waals surface area (Å²) in [7, 11) is 1.58. The molecule has 3 N–H and O–H groups in total. The topological polar surface area (TPSA) is 106 Å². The monoisotopic (exact) mass is 364 g/mol. The van der Waals surface area contributed by atoms with Crippen LogP contribution in [0.4, 0.5) is 0 Å². The van der Waals surface area contributed by atoms with Crippen LogP contribution in [-0.4, -0.2) is 46.9 Å². The number of hydrogen-bond acceptors (Lipinski definition) is 6. The second-order valence-electron chi connectivity index (χ2n) is 7.05. The van der Waals surface area contributed by atoms with Crippen molar-refractivity contribution in [1.82, 2.24) is 10.4 Å². The van der Waals surface area contributed by atoms with Crippen molar-refractivity contribution in [2.45, 2.75) is 40.2 Å². The van der Waals surface area contributed by atoms with Crippen LogP contribution in [0.5, 0.6) is 0 Å². The quantitative estimate of drug-likeness (QED) is 0.433. The Kier molecular flexibility index (Phi) is 5.74. The van der Waals surface area contributed by atoms with E-state index in [1.165, 1.54) is 11.3 Å². The van der Waals surface area contributed by atoms with Gasteiger partial charge in [-0.05, 0) is 23.5 Å². The molecule has 25 heavy (non-hydrogen) atoms. The normalized spacial score (nSPS) is 14.9. The van der Waals surface area contributed by atoms with Crippen LogP contribution in [0.25, 0.3) is 0 Å². The lowest BCUT2D eigenvalue weighted by atomic mass is 9.87. The zero-order chi connectivity index (χ0) is 18.8. The maximum absolute atomic E-state index is 12.8. The van der Waals surface area contributed by atoms with E-state index in [0.717, 1.165) is 10.4 Å². The van der Waals surface area contributed by atoms with Crippen molar-refractivity contribution < 1.29 is 14.8 Å². The van der Waals surface area contributed by atoms with E-state index in [4.69, 9.17) is 10.6 Å². The lowest BCUT2D eigenvalue weighted by Crippen LogP contribution is -2.41. The summed E-state index contributed by atoms with van der Waals surface area (Å²) < 4.78 is 0. The van der Waals surface area contributed by atoms with Gasteiger partial charge < -0.3 is 10.3 Å². The SMILES string of the molecule is CN=C(CC(=N)C(C)(C)C)C(=O)N1CCc2cc(C(=O)NO)sc2C1. The first kappa shape index (κ1) is 19.3. The minimum Gasteiger partial charge on any atom is -0.332 e. The van der Waals surface area contributed by atoms with Crippen LogP contribution in [0.1, 0.15) is 47.3 Å². The van der Waals surface area contributed by atoms with Crippen LogP contribution >= 0.6 is 11.3 Å². The number of carbonyl (C=O) groups is 2. The summed E-state index contributed by atoms with van der Waals surface area (Å²) in [5.41, 5.74) is 3.22. The number of carbonyl (C=O) groups excluding carboxylic acids is 2. The summed E-state index contributed by atoms with van der Waals surface area (Å²) in [5, 5.41) is 16.9. The van der Waals surface area contributed by atoms with Crippen molar-refractivity contribution in [3.63, 3.8) is 0 Å². The molecular formula is C17H24N4O3S. The third kappa shape index (κ3) is 4.32. The highest BCUT2D eigenvalue weighted by atomic mass is 32.1. The first-order valence-electron chi connectivity index (χ1n) is 8.06. The van der Waals surface area contributed by atoms with Gasteiger partial charge in [-0.15, -0.1) is 11.3 Å². The van der Waals surface area contributed by atoms with Gasteiger partial charge in [0.1, 0.15) is 5.71 Å². The molecule has 0 bridgehead atoms. The van der Waals surface area contributed by atoms with Crippen LogP contribution in [0.3, 0.4) is 0 Å². The third-order valence-corrected chi connectivity index (χ3v) is 5.42. The van der Waals surface area contributed by atoms with Crippen LogP contribution in [0.2, 0.25) is 0 Å². The molecule has 0 aliphatic carbocycles. The van der Waals surface area contributed by atoms with E-state index in [-0.39, 0.29) is 17.7 Å². The number of hydroxylamine groups is 1. The van der Waals surface area contributed by atoms with Crippen LogP contribution in [0, 0.1) is 10.8 Å². The molecule has 136 valence electrons. The molecule has 1 aliphatic heterocycles. The fourth-order valence-electron chi connectivity index (χ4n) is 2.53. The maximum atomic E-state index is 12.8. The predicted octanol–water partition coefficient (Wildman–Crippen LogP) is 2.28. The Bertz CT molecular complexity index is 731. The highest BCUT2D eigenvalue weighted by molar-refractivity contribution is 7.14. The summed E-state index contributed by atoms with van der Waals surface area (Å²) in [4.78, 5) is 31.5. The molecule has 0 radical (unpaired) electrons. The van der Waals surface area contributed by atoms with Crippen molar-refractivity contribution >= 4 is 34.6 Å². The fourth-order valence-corrected chi connectivity index (χ4v) is 3.64. The molecule has 7 nitrogen and oxygen atoms in total. The molecule has 0 unspecified atom stereocenters. The van der Waals surface area contributed by atoms with Crippen molar-refractivity contribution in [2.24, 2.45) is 10.4 Å². The first-order chi connectivity index (χ1) is 11.7. The van der Waals surface area contributed by atoms with E-state index in [2.05, 4.69) is 4.99 Å². The van der Waals surface area contributed by atoms with Crippen LogP contribution in [-0.2, 0) is 17.8 Å². The third-order valence-electron chi connectivity index (χ3n) is 4.26. The molecule has 0 fully saturated rings. The molecule has 2 rings (SSSR count). The van der Waals surface area contributed by atoms with E-state index in [9.17, 15) is 9.59 Å². The average Bonchev–Trinajstić information content (AvgIpc) is 3.00. The Morgan fingerprint density at radius 2 is 2.12 bits per heavy atom. The van der Waals surface area contributed by atoms with Crippen molar-refractivity contribution in [3.05, 3.63) is 21.4 Å². The molecular weight excluding hydrogens is 340 g/mol. The molecule has 0 aromatic carbocycles. The van der Waals surface area contributed by atoms with Crippen LogP contribution in [0.15, 0.2) is 11.1 Å². The lowest BCUT2D eigenvalue weighted by molar-refractivity contribution is -0.125. The van der Waals surface area contributed by atoms with E-state index in [1.54, 1.807) is 23.5 Å². The zero-order valence-electron chi connectivity index (χ0n) is 15.0. The number of thiophene rings is 1. The number of hydrogen-bond donors (Lipinski definition) is 3. The molecule has 2 heterocycles. The molecule has 2 amide bonds. The van der Waals surface area contributed by atoms with Crippen LogP contribution < -0.4 is 5.48 Å². The highest BCUT2D eigenvalue weighted by Gasteiger charge is 2.28. The summed E-state index contributed by atoms with van der Waals surface area (Å²) in [6.07, 6.45) is 0.898. The molecule has 1 aromatic rings. The number of amides is 2. The maximum Gasteiger partial charge on any atom is 0.284 e. The van der Waals surface area contributed by atoms with Gasteiger partial charge in [0.15, 0.2) is 0 Å². The fraction of sp³-hybridized carbons (Fsp3) is 0.529. The van der Waals surface area contributed by atoms with Crippen molar-refractivity contribution in [3.8, 4) is 0 Å². The van der Waals surface area contributed by atoms with Gasteiger partial charge in [0, 0.05) is 30.6 Å². The predicted molar refractivity (Wildman–Crippen MR) is 97.9 cm³/mol. The molecule has 1 aromatic heterocycles. The van der Waals surface area contributed by atoms with E-state index >= 15 is 0 Å². The Morgan fingerprint density at radius 1 is 1.44 bits per heavy atom. The van der Waals surface area contributed by atoms with Gasteiger partial charge in [-0.2, -0.15) is 0 Å². The minimum atomic E-state index is -0.535. The summed E-state index contributed by atoms with van der Waals surface area (Å²) in [6.45, 7) is 6.79. The molecule has 0 saturated carbocycles. The van der Waals surface area contributed by atoms with E-state index < -0.39 is 5.91 Å². The molecule has 8 heteroatoms. The standard InChI is InChI=1S/C17H24N4O3S/c1-17(2,3)14(18)8-11(19-4)16(23)21-6-5-10-7-12(15(22)20-24)25-13(10)9-21/h7,18,24H,5-6,8-9H2,1-4H3,(H,20,22). The highest BCUT2D eigenvalue weighted by Crippen LogP contribution is 2.28. The zero-order valence-corrected chi connectivity index (χ0v) is 15.8. The minimum absolute atomic E-state index is 0.163. The Hall–Kier alpha value is -2.06. The lowest BCUT2D eigenvalue weighted by Gasteiger charge is -2.28. The smallest absolute Gasteiger partial charge is 0.284 e. The summed E-state index contributed by atoms with van der Waals surface area (Å²) >= 11 is 1.28. The van der Waals surface area contributed by atoms with Gasteiger partial charge in [0.25, 0.3) is 11.8 Å². The van der Waals surface area contributed by atoms with Gasteiger partial charge in [0.2, 0.25) is 0 Å². The second-order valence-corrected chi connectivity index (χ2v) is 8.19. The Balaban J connectivity index is 2.12. The molecule has 0 atom stereocenters. The van der Waals surface area contributed by atoms with Gasteiger partial charge in [-0.25, -0.2) is 5.48 Å². The Morgan fingerprint density at radius 3 is 2.68 bits per heavy atom. The van der Waals surface area contributed by atoms with E-state index in [0.29, 0.717) is 35.8 Å². The number of aliphatic imine (C=N–C) groups is 1. The molecule has 0 spiro atoms. The number of nitrogens with zero attached hydrogens (tertiary/aromatic N) is 2. The van der Waals surface area contributed by atoms with Gasteiger partial charge in [-0.1, -0.05) is 20.8 Å². The number of rotatable bonds is 4. The van der Waals surface area contributed by atoms with E-state index in [1.807, 2.05) is 20.8 Å².